The summed E-state index contributed by atoms with van der Waals surface area (Å²) in [5, 5.41) is 7.30. The lowest BCUT2D eigenvalue weighted by molar-refractivity contribution is 0.0804. The topological polar surface area (TPSA) is 86.4 Å². The fraction of sp³-hybridized carbons (Fsp3) is 0.533. The van der Waals surface area contributed by atoms with E-state index in [1.165, 1.54) is 24.3 Å². The zero-order valence-electron chi connectivity index (χ0n) is 12.5. The van der Waals surface area contributed by atoms with Gasteiger partial charge in [-0.05, 0) is 37.3 Å². The van der Waals surface area contributed by atoms with Gasteiger partial charge in [0.05, 0.1) is 5.69 Å². The van der Waals surface area contributed by atoms with Gasteiger partial charge in [0.25, 0.3) is 5.91 Å². The first-order chi connectivity index (χ1) is 10.7. The fourth-order valence-corrected chi connectivity index (χ4v) is 2.59. The maximum absolute atomic E-state index is 12.4. The number of amides is 3. The molecule has 0 unspecified atom stereocenters. The summed E-state index contributed by atoms with van der Waals surface area (Å²) in [6, 6.07) is 3.36. The lowest BCUT2D eigenvalue weighted by atomic mass is 9.85. The molecule has 118 valence electrons. The van der Waals surface area contributed by atoms with Gasteiger partial charge in [-0.1, -0.05) is 6.42 Å². The molecule has 7 heteroatoms. The summed E-state index contributed by atoms with van der Waals surface area (Å²) >= 11 is 0. The van der Waals surface area contributed by atoms with Crippen LogP contribution in [0.4, 0.5) is 10.5 Å². The van der Waals surface area contributed by atoms with Crippen LogP contribution >= 0.6 is 0 Å². The van der Waals surface area contributed by atoms with Crippen LogP contribution in [0.15, 0.2) is 18.3 Å². The molecule has 22 heavy (non-hydrogen) atoms. The second-order valence-corrected chi connectivity index (χ2v) is 5.76. The molecule has 0 bridgehead atoms. The van der Waals surface area contributed by atoms with Gasteiger partial charge >= 0.3 is 6.03 Å². The molecule has 0 atom stereocenters. The third-order valence-electron chi connectivity index (χ3n) is 4.15. The summed E-state index contributed by atoms with van der Waals surface area (Å²) in [7, 11) is 0. The summed E-state index contributed by atoms with van der Waals surface area (Å²) in [5.74, 6) is 0.317. The molecule has 0 aromatic carbocycles. The van der Waals surface area contributed by atoms with Gasteiger partial charge in [0.15, 0.2) is 5.69 Å². The number of urea groups is 1. The number of pyridine rings is 1. The lowest BCUT2D eigenvalue weighted by Gasteiger charge is -2.28. The molecule has 1 aromatic heterocycles. The lowest BCUT2D eigenvalue weighted by Crippen LogP contribution is -2.55. The summed E-state index contributed by atoms with van der Waals surface area (Å²) < 4.78 is 0. The predicted molar refractivity (Wildman–Crippen MR) is 82.3 cm³/mol. The van der Waals surface area contributed by atoms with E-state index in [1.807, 2.05) is 6.07 Å². The molecule has 0 spiro atoms. The van der Waals surface area contributed by atoms with Gasteiger partial charge < -0.3 is 10.6 Å². The Morgan fingerprint density at radius 2 is 2.27 bits per heavy atom. The van der Waals surface area contributed by atoms with Crippen molar-refractivity contribution in [2.75, 3.05) is 25.0 Å². The SMILES string of the molecule is O=C(NN1CCCNC1=O)c1ncccc1NCC1CCC1. The van der Waals surface area contributed by atoms with Gasteiger partial charge in [-0.2, -0.15) is 0 Å². The smallest absolute Gasteiger partial charge is 0.336 e. The average molecular weight is 303 g/mol. The maximum atomic E-state index is 12.4. The number of anilines is 1. The third kappa shape index (κ3) is 3.29. The van der Waals surface area contributed by atoms with Gasteiger partial charge in [-0.3, -0.25) is 10.2 Å². The molecular weight excluding hydrogens is 282 g/mol. The van der Waals surface area contributed by atoms with Crippen LogP contribution in [-0.2, 0) is 0 Å². The van der Waals surface area contributed by atoms with E-state index in [1.54, 1.807) is 12.3 Å². The van der Waals surface area contributed by atoms with E-state index in [0.717, 1.165) is 13.0 Å². The number of rotatable bonds is 5. The number of nitrogens with zero attached hydrogens (tertiary/aromatic N) is 2. The van der Waals surface area contributed by atoms with Crippen molar-refractivity contribution in [3.05, 3.63) is 24.0 Å². The quantitative estimate of drug-likeness (QED) is 0.766. The number of aromatic nitrogens is 1. The van der Waals surface area contributed by atoms with Gasteiger partial charge in [-0.25, -0.2) is 14.8 Å². The minimum Gasteiger partial charge on any atom is -0.383 e. The van der Waals surface area contributed by atoms with Crippen molar-refractivity contribution in [1.29, 1.82) is 0 Å². The van der Waals surface area contributed by atoms with Crippen LogP contribution in [0.2, 0.25) is 0 Å². The Bertz CT molecular complexity index is 559. The van der Waals surface area contributed by atoms with Crippen molar-refractivity contribution in [2.24, 2.45) is 5.92 Å². The van der Waals surface area contributed by atoms with Gasteiger partial charge in [-0.15, -0.1) is 0 Å². The third-order valence-corrected chi connectivity index (χ3v) is 4.15. The Kier molecular flexibility index (Phi) is 4.41. The Morgan fingerprint density at radius 1 is 1.41 bits per heavy atom. The van der Waals surface area contributed by atoms with E-state index < -0.39 is 0 Å². The number of hydrazine groups is 1. The van der Waals surface area contributed by atoms with E-state index >= 15 is 0 Å². The monoisotopic (exact) mass is 303 g/mol. The molecule has 1 saturated heterocycles. The maximum Gasteiger partial charge on any atom is 0.336 e. The second-order valence-electron chi connectivity index (χ2n) is 5.76. The molecule has 3 rings (SSSR count). The minimum absolute atomic E-state index is 0.278. The highest BCUT2D eigenvalue weighted by Crippen LogP contribution is 2.26. The van der Waals surface area contributed by atoms with Gasteiger partial charge in [0.2, 0.25) is 0 Å². The van der Waals surface area contributed by atoms with Crippen LogP contribution in [0.5, 0.6) is 0 Å². The van der Waals surface area contributed by atoms with E-state index in [9.17, 15) is 9.59 Å². The Hall–Kier alpha value is -2.31. The van der Waals surface area contributed by atoms with Crippen molar-refractivity contribution in [1.82, 2.24) is 20.7 Å². The summed E-state index contributed by atoms with van der Waals surface area (Å²) in [6.45, 7) is 2.01. The van der Waals surface area contributed by atoms with E-state index in [-0.39, 0.29) is 11.9 Å². The Balaban J connectivity index is 1.64. The molecule has 2 heterocycles. The van der Waals surface area contributed by atoms with Crippen molar-refractivity contribution >= 4 is 17.6 Å². The fourth-order valence-electron chi connectivity index (χ4n) is 2.59. The van der Waals surface area contributed by atoms with Crippen molar-refractivity contribution in [3.8, 4) is 0 Å². The van der Waals surface area contributed by atoms with Crippen LogP contribution in [0.3, 0.4) is 0 Å². The van der Waals surface area contributed by atoms with Gasteiger partial charge in [0, 0.05) is 25.8 Å². The van der Waals surface area contributed by atoms with Crippen molar-refractivity contribution in [2.45, 2.75) is 25.7 Å². The molecule has 1 saturated carbocycles. The number of carbonyl (C=O) groups is 2. The normalized spacial score (nSPS) is 18.4. The number of hydrogen-bond donors (Lipinski definition) is 3. The first kappa shape index (κ1) is 14.6. The van der Waals surface area contributed by atoms with Crippen LogP contribution < -0.4 is 16.1 Å². The minimum atomic E-state index is -0.367. The second kappa shape index (κ2) is 6.64. The summed E-state index contributed by atoms with van der Waals surface area (Å²) in [6.07, 6.45) is 6.16. The zero-order valence-corrected chi connectivity index (χ0v) is 12.5. The molecule has 7 nitrogen and oxygen atoms in total. The predicted octanol–water partition coefficient (Wildman–Crippen LogP) is 1.35. The van der Waals surface area contributed by atoms with Crippen LogP contribution in [0.1, 0.15) is 36.2 Å². The molecule has 2 aliphatic rings. The van der Waals surface area contributed by atoms with Crippen molar-refractivity contribution in [3.63, 3.8) is 0 Å². The Labute approximate surface area is 129 Å². The number of nitrogens with one attached hydrogen (secondary N) is 3. The summed E-state index contributed by atoms with van der Waals surface area (Å²) in [4.78, 5) is 28.2. The van der Waals surface area contributed by atoms with Crippen molar-refractivity contribution < 1.29 is 9.59 Å². The first-order valence-electron chi connectivity index (χ1n) is 7.79. The van der Waals surface area contributed by atoms with E-state index in [0.29, 0.717) is 30.4 Å². The first-order valence-corrected chi connectivity index (χ1v) is 7.79. The standard InChI is InChI=1S/C15H21N5O2/c21-14(19-20-9-3-8-17-15(20)22)13-12(6-2-7-16-13)18-10-11-4-1-5-11/h2,6-7,11,18H,1,3-5,8-10H2,(H,17,22)(H,19,21). The average Bonchev–Trinajstić information content (AvgIpc) is 2.48. The van der Waals surface area contributed by atoms with Crippen LogP contribution in [-0.4, -0.2) is 41.6 Å². The highest BCUT2D eigenvalue weighted by atomic mass is 16.2. The van der Waals surface area contributed by atoms with Crippen LogP contribution in [0.25, 0.3) is 0 Å². The summed E-state index contributed by atoms with van der Waals surface area (Å²) in [5.41, 5.74) is 3.65. The highest BCUT2D eigenvalue weighted by molar-refractivity contribution is 5.98. The largest absolute Gasteiger partial charge is 0.383 e. The van der Waals surface area contributed by atoms with E-state index in [2.05, 4.69) is 21.0 Å². The zero-order chi connectivity index (χ0) is 15.4. The molecule has 3 amide bonds. The number of hydrogen-bond acceptors (Lipinski definition) is 4. The molecule has 3 N–H and O–H groups in total. The Morgan fingerprint density at radius 3 is 3.00 bits per heavy atom. The highest BCUT2D eigenvalue weighted by Gasteiger charge is 2.23. The molecule has 2 fully saturated rings. The van der Waals surface area contributed by atoms with Crippen LogP contribution in [0, 0.1) is 5.92 Å². The number of carbonyl (C=O) groups excluding carboxylic acids is 2. The molecular formula is C15H21N5O2. The van der Waals surface area contributed by atoms with Gasteiger partial charge in [0.1, 0.15) is 0 Å². The molecule has 1 aromatic rings. The van der Waals surface area contributed by atoms with E-state index in [4.69, 9.17) is 0 Å². The molecule has 1 aliphatic heterocycles. The molecule has 1 aliphatic carbocycles. The molecule has 0 radical (unpaired) electrons.